The zero-order valence-electron chi connectivity index (χ0n) is 12.6. The van der Waals surface area contributed by atoms with Gasteiger partial charge < -0.3 is 15.2 Å². The van der Waals surface area contributed by atoms with Crippen LogP contribution in [0.3, 0.4) is 0 Å². The summed E-state index contributed by atoms with van der Waals surface area (Å²) in [4.78, 5) is 33.9. The van der Waals surface area contributed by atoms with Crippen LogP contribution in [-0.4, -0.2) is 42.3 Å². The molecule has 120 valence electrons. The largest absolute Gasteiger partial charge is 0.481 e. The molecule has 0 spiro atoms. The van der Waals surface area contributed by atoms with Crippen LogP contribution < -0.4 is 10.6 Å². The molecule has 2 unspecified atom stereocenters. The van der Waals surface area contributed by atoms with E-state index in [1.165, 1.54) is 0 Å². The summed E-state index contributed by atoms with van der Waals surface area (Å²) in [6.45, 7) is 4.97. The monoisotopic (exact) mass is 300 g/mol. The van der Waals surface area contributed by atoms with Crippen LogP contribution in [-0.2, 0) is 14.3 Å². The Bertz CT molecular complexity index is 380. The summed E-state index contributed by atoms with van der Waals surface area (Å²) in [6.07, 6.45) is 1.72. The number of imide groups is 1. The maximum absolute atomic E-state index is 11.7. The van der Waals surface area contributed by atoms with E-state index in [9.17, 15) is 14.4 Å². The predicted molar refractivity (Wildman–Crippen MR) is 75.7 cm³/mol. The second kappa shape index (κ2) is 8.61. The minimum Gasteiger partial charge on any atom is -0.481 e. The van der Waals surface area contributed by atoms with Crippen molar-refractivity contribution in [1.29, 1.82) is 0 Å². The lowest BCUT2D eigenvalue weighted by atomic mass is 9.93. The summed E-state index contributed by atoms with van der Waals surface area (Å²) >= 11 is 0. The molecule has 0 saturated carbocycles. The first-order chi connectivity index (χ1) is 9.88. The number of carboxylic acid groups (broad SMARTS) is 1. The molecule has 3 amide bonds. The Labute approximate surface area is 124 Å². The van der Waals surface area contributed by atoms with Gasteiger partial charge in [0, 0.05) is 32.1 Å². The van der Waals surface area contributed by atoms with Gasteiger partial charge in [-0.3, -0.25) is 14.9 Å². The molecule has 3 N–H and O–H groups in total. The average Bonchev–Trinajstić information content (AvgIpc) is 2.37. The molecule has 2 atom stereocenters. The van der Waals surface area contributed by atoms with Gasteiger partial charge in [-0.15, -0.1) is 0 Å². The molecular formula is C14H24N2O5. The van der Waals surface area contributed by atoms with Gasteiger partial charge in [-0.2, -0.15) is 0 Å². The Balaban J connectivity index is 2.28. The summed E-state index contributed by atoms with van der Waals surface area (Å²) in [6, 6.07) is -0.556. The fourth-order valence-electron chi connectivity index (χ4n) is 2.44. The summed E-state index contributed by atoms with van der Waals surface area (Å²) in [5, 5.41) is 13.6. The number of amides is 3. The Morgan fingerprint density at radius 2 is 1.81 bits per heavy atom. The van der Waals surface area contributed by atoms with E-state index in [4.69, 9.17) is 9.84 Å². The number of urea groups is 1. The number of nitrogens with one attached hydrogen (secondary N) is 2. The second-order valence-corrected chi connectivity index (χ2v) is 5.67. The van der Waals surface area contributed by atoms with Crippen LogP contribution in [0.25, 0.3) is 0 Å². The van der Waals surface area contributed by atoms with E-state index in [-0.39, 0.29) is 24.8 Å². The van der Waals surface area contributed by atoms with Gasteiger partial charge in [-0.1, -0.05) is 6.92 Å². The quantitative estimate of drug-likeness (QED) is 0.682. The third-order valence-electron chi connectivity index (χ3n) is 3.64. The molecule has 0 radical (unpaired) electrons. The molecule has 1 rings (SSSR count). The lowest BCUT2D eigenvalue weighted by Gasteiger charge is -2.28. The third kappa shape index (κ3) is 7.08. The minimum absolute atomic E-state index is 0.0192. The number of carboxylic acids is 1. The van der Waals surface area contributed by atoms with E-state index in [0.29, 0.717) is 19.1 Å². The molecule has 0 aromatic heterocycles. The van der Waals surface area contributed by atoms with E-state index in [1.807, 2.05) is 6.92 Å². The molecule has 0 aromatic rings. The fraction of sp³-hybridized carbons (Fsp3) is 0.786. The maximum Gasteiger partial charge on any atom is 0.321 e. The molecule has 1 aliphatic rings. The van der Waals surface area contributed by atoms with Crippen molar-refractivity contribution < 1.29 is 24.2 Å². The zero-order valence-corrected chi connectivity index (χ0v) is 12.6. The van der Waals surface area contributed by atoms with Crippen molar-refractivity contribution in [3.8, 4) is 0 Å². The molecular weight excluding hydrogens is 276 g/mol. The highest BCUT2D eigenvalue weighted by atomic mass is 16.5. The Kier molecular flexibility index (Phi) is 7.14. The second-order valence-electron chi connectivity index (χ2n) is 5.67. The highest BCUT2D eigenvalue weighted by Gasteiger charge is 2.22. The number of ether oxygens (including phenoxy) is 1. The van der Waals surface area contributed by atoms with Gasteiger partial charge in [0.25, 0.3) is 0 Å². The molecule has 7 nitrogen and oxygen atoms in total. The van der Waals surface area contributed by atoms with Crippen molar-refractivity contribution in [3.63, 3.8) is 0 Å². The third-order valence-corrected chi connectivity index (χ3v) is 3.64. The van der Waals surface area contributed by atoms with Crippen molar-refractivity contribution in [3.05, 3.63) is 0 Å². The van der Waals surface area contributed by atoms with Crippen molar-refractivity contribution in [2.75, 3.05) is 13.2 Å². The number of hydrogen-bond donors (Lipinski definition) is 3. The SMILES string of the molecule is CC(CC(=O)O)CC(=O)NC(=O)NC(C)C1CCOCC1. The molecule has 21 heavy (non-hydrogen) atoms. The molecule has 1 aliphatic heterocycles. The normalized spacial score (nSPS) is 18.6. The van der Waals surface area contributed by atoms with Gasteiger partial charge in [0.1, 0.15) is 0 Å². The molecule has 1 heterocycles. The number of aliphatic carboxylic acids is 1. The van der Waals surface area contributed by atoms with Gasteiger partial charge >= 0.3 is 12.0 Å². The molecule has 0 bridgehead atoms. The van der Waals surface area contributed by atoms with Gasteiger partial charge in [-0.25, -0.2) is 4.79 Å². The van der Waals surface area contributed by atoms with E-state index in [2.05, 4.69) is 10.6 Å². The highest BCUT2D eigenvalue weighted by Crippen LogP contribution is 2.18. The first kappa shape index (κ1) is 17.4. The van der Waals surface area contributed by atoms with Gasteiger partial charge in [0.05, 0.1) is 0 Å². The van der Waals surface area contributed by atoms with Crippen molar-refractivity contribution >= 4 is 17.9 Å². The molecule has 7 heteroatoms. The number of carbonyl (C=O) groups is 3. The van der Waals surface area contributed by atoms with E-state index >= 15 is 0 Å². The topological polar surface area (TPSA) is 105 Å². The fourth-order valence-corrected chi connectivity index (χ4v) is 2.44. The van der Waals surface area contributed by atoms with Crippen LogP contribution in [0.2, 0.25) is 0 Å². The summed E-state index contributed by atoms with van der Waals surface area (Å²) in [5.41, 5.74) is 0. The van der Waals surface area contributed by atoms with Crippen molar-refractivity contribution in [1.82, 2.24) is 10.6 Å². The molecule has 0 aromatic carbocycles. The molecule has 0 aliphatic carbocycles. The first-order valence-electron chi connectivity index (χ1n) is 7.28. The molecule has 1 fully saturated rings. The minimum atomic E-state index is -0.951. The number of hydrogen-bond acceptors (Lipinski definition) is 4. The summed E-state index contributed by atoms with van der Waals surface area (Å²) < 4.78 is 5.26. The van der Waals surface area contributed by atoms with Gasteiger partial charge in [0.2, 0.25) is 5.91 Å². The maximum atomic E-state index is 11.7. The van der Waals surface area contributed by atoms with Crippen molar-refractivity contribution in [2.24, 2.45) is 11.8 Å². The van der Waals surface area contributed by atoms with E-state index < -0.39 is 17.9 Å². The summed E-state index contributed by atoms with van der Waals surface area (Å²) in [5.74, 6) is -1.36. The number of rotatable bonds is 6. The van der Waals surface area contributed by atoms with Gasteiger partial charge in [0.15, 0.2) is 0 Å². The smallest absolute Gasteiger partial charge is 0.321 e. The zero-order chi connectivity index (χ0) is 15.8. The average molecular weight is 300 g/mol. The van der Waals surface area contributed by atoms with Crippen LogP contribution in [0.5, 0.6) is 0 Å². The van der Waals surface area contributed by atoms with Crippen LogP contribution in [0, 0.1) is 11.8 Å². The van der Waals surface area contributed by atoms with Crippen LogP contribution >= 0.6 is 0 Å². The van der Waals surface area contributed by atoms with Crippen molar-refractivity contribution in [2.45, 2.75) is 45.6 Å². The Hall–Kier alpha value is -1.63. The predicted octanol–water partition coefficient (Wildman–Crippen LogP) is 1.13. The Morgan fingerprint density at radius 1 is 1.19 bits per heavy atom. The highest BCUT2D eigenvalue weighted by molar-refractivity contribution is 5.94. The van der Waals surface area contributed by atoms with E-state index in [0.717, 1.165) is 12.8 Å². The number of carbonyl (C=O) groups excluding carboxylic acids is 2. The lowest BCUT2D eigenvalue weighted by Crippen LogP contribution is -2.47. The Morgan fingerprint density at radius 3 is 2.38 bits per heavy atom. The molecule has 1 saturated heterocycles. The lowest BCUT2D eigenvalue weighted by molar-refractivity contribution is -0.138. The van der Waals surface area contributed by atoms with Crippen LogP contribution in [0.15, 0.2) is 0 Å². The van der Waals surface area contributed by atoms with Crippen LogP contribution in [0.4, 0.5) is 4.79 Å². The summed E-state index contributed by atoms with van der Waals surface area (Å²) in [7, 11) is 0. The van der Waals surface area contributed by atoms with Gasteiger partial charge in [-0.05, 0) is 31.6 Å². The van der Waals surface area contributed by atoms with E-state index in [1.54, 1.807) is 6.92 Å². The standard InChI is InChI=1S/C14H24N2O5/c1-9(8-13(18)19)7-12(17)16-14(20)15-10(2)11-3-5-21-6-4-11/h9-11H,3-8H2,1-2H3,(H,18,19)(H2,15,16,17,20). The van der Waals surface area contributed by atoms with Crippen LogP contribution in [0.1, 0.15) is 39.5 Å². The first-order valence-corrected chi connectivity index (χ1v) is 7.28.